The summed E-state index contributed by atoms with van der Waals surface area (Å²) in [5.74, 6) is -0.320. The molecule has 4 rings (SSSR count). The molecule has 0 saturated heterocycles. The first kappa shape index (κ1) is 19.4. The minimum absolute atomic E-state index is 0.0782. The molecule has 148 valence electrons. The monoisotopic (exact) mass is 406 g/mol. The van der Waals surface area contributed by atoms with E-state index in [1.54, 1.807) is 29.5 Å². The molecule has 3 aromatic rings. The zero-order valence-electron chi connectivity index (χ0n) is 16.3. The lowest BCUT2D eigenvalue weighted by Crippen LogP contribution is -3.14. The number of fused-ring (bicyclic) bond motifs is 1. The van der Waals surface area contributed by atoms with Crippen LogP contribution in [-0.4, -0.2) is 24.9 Å². The molecule has 2 heterocycles. The van der Waals surface area contributed by atoms with E-state index in [0.29, 0.717) is 23.8 Å². The van der Waals surface area contributed by atoms with Crippen molar-refractivity contribution in [1.29, 1.82) is 0 Å². The zero-order chi connectivity index (χ0) is 20.2. The number of thiophene rings is 1. The van der Waals surface area contributed by atoms with Crippen molar-refractivity contribution in [1.82, 2.24) is 0 Å². The molecular weight excluding hydrogens is 382 g/mol. The van der Waals surface area contributed by atoms with Crippen LogP contribution in [0.2, 0.25) is 0 Å². The SMILES string of the molecule is C[C@H]1c2ccsc2CC[NH+]1CC(=O)Nc1ccccc1C(=O)Nc1ccccc1. The summed E-state index contributed by atoms with van der Waals surface area (Å²) in [6.45, 7) is 3.50. The van der Waals surface area contributed by atoms with Gasteiger partial charge in [-0.3, -0.25) is 9.59 Å². The van der Waals surface area contributed by atoms with Gasteiger partial charge in [0.15, 0.2) is 6.54 Å². The fourth-order valence-electron chi connectivity index (χ4n) is 3.80. The number of anilines is 2. The summed E-state index contributed by atoms with van der Waals surface area (Å²) in [6.07, 6.45) is 1.01. The highest BCUT2D eigenvalue weighted by Gasteiger charge is 2.29. The molecule has 0 radical (unpaired) electrons. The molecule has 1 aliphatic rings. The van der Waals surface area contributed by atoms with Crippen LogP contribution < -0.4 is 15.5 Å². The normalized spacial score (nSPS) is 18.0. The van der Waals surface area contributed by atoms with E-state index in [2.05, 4.69) is 29.0 Å². The Hall–Kier alpha value is -2.96. The maximum Gasteiger partial charge on any atom is 0.279 e. The number of hydrogen-bond acceptors (Lipinski definition) is 3. The van der Waals surface area contributed by atoms with Gasteiger partial charge in [-0.25, -0.2) is 0 Å². The Morgan fingerprint density at radius 3 is 2.62 bits per heavy atom. The van der Waals surface area contributed by atoms with E-state index in [0.717, 1.165) is 18.7 Å². The predicted octanol–water partition coefficient (Wildman–Crippen LogP) is 3.14. The molecule has 3 N–H and O–H groups in total. The number of carbonyl (C=O) groups excluding carboxylic acids is 2. The van der Waals surface area contributed by atoms with E-state index in [-0.39, 0.29) is 11.8 Å². The first-order chi connectivity index (χ1) is 14.1. The van der Waals surface area contributed by atoms with E-state index >= 15 is 0 Å². The Balaban J connectivity index is 1.43. The van der Waals surface area contributed by atoms with Gasteiger partial charge in [0, 0.05) is 22.5 Å². The quantitative estimate of drug-likeness (QED) is 0.610. The lowest BCUT2D eigenvalue weighted by molar-refractivity contribution is -0.923. The fourth-order valence-corrected chi connectivity index (χ4v) is 4.78. The smallest absolute Gasteiger partial charge is 0.279 e. The summed E-state index contributed by atoms with van der Waals surface area (Å²) in [4.78, 5) is 28.1. The van der Waals surface area contributed by atoms with Gasteiger partial charge in [-0.2, -0.15) is 0 Å². The van der Waals surface area contributed by atoms with Crippen LogP contribution in [0.1, 0.15) is 33.8 Å². The van der Waals surface area contributed by atoms with Crippen molar-refractivity contribution in [3.05, 3.63) is 82.0 Å². The van der Waals surface area contributed by atoms with Crippen LogP contribution in [0.25, 0.3) is 0 Å². The minimum Gasteiger partial charge on any atom is -0.322 e. The Bertz CT molecular complexity index is 1020. The van der Waals surface area contributed by atoms with Crippen molar-refractivity contribution in [2.24, 2.45) is 0 Å². The number of rotatable bonds is 5. The van der Waals surface area contributed by atoms with Gasteiger partial charge in [0.1, 0.15) is 6.04 Å². The average Bonchev–Trinajstić information content (AvgIpc) is 3.21. The second kappa shape index (κ2) is 8.59. The highest BCUT2D eigenvalue weighted by Crippen LogP contribution is 2.24. The molecule has 2 aromatic carbocycles. The standard InChI is InChI=1S/C23H23N3O2S/c1-16-18-12-14-29-21(18)11-13-26(16)15-22(27)25-20-10-6-5-9-19(20)23(28)24-17-7-3-2-4-8-17/h2-10,12,14,16H,11,13,15H2,1H3,(H,24,28)(H,25,27)/p+1/t16-/m0/s1. The lowest BCUT2D eigenvalue weighted by Gasteiger charge is -2.30. The first-order valence-electron chi connectivity index (χ1n) is 9.78. The van der Waals surface area contributed by atoms with Gasteiger partial charge in [-0.1, -0.05) is 30.3 Å². The Morgan fingerprint density at radius 2 is 1.79 bits per heavy atom. The maximum atomic E-state index is 12.7. The van der Waals surface area contributed by atoms with Crippen molar-refractivity contribution in [2.45, 2.75) is 19.4 Å². The van der Waals surface area contributed by atoms with E-state index < -0.39 is 0 Å². The van der Waals surface area contributed by atoms with Crippen LogP contribution in [0, 0.1) is 0 Å². The van der Waals surface area contributed by atoms with Gasteiger partial charge in [0.05, 0.1) is 17.8 Å². The molecule has 2 atom stereocenters. The van der Waals surface area contributed by atoms with Gasteiger partial charge >= 0.3 is 0 Å². The lowest BCUT2D eigenvalue weighted by atomic mass is 10.0. The number of nitrogens with one attached hydrogen (secondary N) is 3. The van der Waals surface area contributed by atoms with E-state index in [9.17, 15) is 9.59 Å². The van der Waals surface area contributed by atoms with Gasteiger partial charge in [-0.15, -0.1) is 11.3 Å². The molecule has 1 aliphatic heterocycles. The van der Waals surface area contributed by atoms with Gasteiger partial charge < -0.3 is 15.5 Å². The number of para-hydroxylation sites is 2. The second-order valence-corrected chi connectivity index (χ2v) is 8.27. The largest absolute Gasteiger partial charge is 0.322 e. The van der Waals surface area contributed by atoms with E-state index in [4.69, 9.17) is 0 Å². The number of quaternary nitrogens is 1. The third kappa shape index (κ3) is 4.39. The van der Waals surface area contributed by atoms with Crippen molar-refractivity contribution in [3.8, 4) is 0 Å². The number of hydrogen-bond donors (Lipinski definition) is 3. The summed E-state index contributed by atoms with van der Waals surface area (Å²) in [6, 6.07) is 18.9. The summed E-state index contributed by atoms with van der Waals surface area (Å²) in [5.41, 5.74) is 3.06. The van der Waals surface area contributed by atoms with Crippen molar-refractivity contribution in [3.63, 3.8) is 0 Å². The van der Waals surface area contributed by atoms with Crippen LogP contribution in [-0.2, 0) is 11.2 Å². The number of amides is 2. The molecule has 0 fully saturated rings. The Labute approximate surface area is 174 Å². The van der Waals surface area contributed by atoms with Gasteiger partial charge in [0.25, 0.3) is 11.8 Å². The van der Waals surface area contributed by atoms with Crippen LogP contribution >= 0.6 is 11.3 Å². The van der Waals surface area contributed by atoms with Crippen molar-refractivity contribution >= 4 is 34.5 Å². The molecular formula is C23H24N3O2S+. The molecule has 0 aliphatic carbocycles. The summed E-state index contributed by atoms with van der Waals surface area (Å²) in [5, 5.41) is 7.95. The minimum atomic E-state index is -0.242. The predicted molar refractivity (Wildman–Crippen MR) is 117 cm³/mol. The van der Waals surface area contributed by atoms with E-state index in [1.165, 1.54) is 15.3 Å². The highest BCUT2D eigenvalue weighted by atomic mass is 32.1. The second-order valence-electron chi connectivity index (χ2n) is 7.27. The molecule has 5 nitrogen and oxygen atoms in total. The van der Waals surface area contributed by atoms with Crippen LogP contribution in [0.15, 0.2) is 66.0 Å². The van der Waals surface area contributed by atoms with Gasteiger partial charge in [0.2, 0.25) is 0 Å². The zero-order valence-corrected chi connectivity index (χ0v) is 17.1. The van der Waals surface area contributed by atoms with Crippen molar-refractivity contribution < 1.29 is 14.5 Å². The Kier molecular flexibility index (Phi) is 5.74. The van der Waals surface area contributed by atoms with Crippen LogP contribution in [0.5, 0.6) is 0 Å². The summed E-state index contributed by atoms with van der Waals surface area (Å²) < 4.78 is 0. The maximum absolute atomic E-state index is 12.7. The topological polar surface area (TPSA) is 62.6 Å². The third-order valence-electron chi connectivity index (χ3n) is 5.40. The van der Waals surface area contributed by atoms with Gasteiger partial charge in [-0.05, 0) is 42.6 Å². The first-order valence-corrected chi connectivity index (χ1v) is 10.7. The van der Waals surface area contributed by atoms with Crippen LogP contribution in [0.3, 0.4) is 0 Å². The number of benzene rings is 2. The fraction of sp³-hybridized carbons (Fsp3) is 0.217. The highest BCUT2D eigenvalue weighted by molar-refractivity contribution is 7.10. The Morgan fingerprint density at radius 1 is 1.03 bits per heavy atom. The number of carbonyl (C=O) groups is 2. The molecule has 0 saturated carbocycles. The summed E-state index contributed by atoms with van der Waals surface area (Å²) >= 11 is 1.80. The molecule has 6 heteroatoms. The van der Waals surface area contributed by atoms with Crippen molar-refractivity contribution in [2.75, 3.05) is 23.7 Å². The molecule has 1 unspecified atom stereocenters. The average molecular weight is 407 g/mol. The molecule has 2 amide bonds. The molecule has 29 heavy (non-hydrogen) atoms. The van der Waals surface area contributed by atoms with E-state index in [1.807, 2.05) is 36.4 Å². The molecule has 0 spiro atoms. The molecule has 0 bridgehead atoms. The third-order valence-corrected chi connectivity index (χ3v) is 6.39. The molecule has 1 aromatic heterocycles. The van der Waals surface area contributed by atoms with Crippen LogP contribution in [0.4, 0.5) is 11.4 Å². The summed E-state index contributed by atoms with van der Waals surface area (Å²) in [7, 11) is 0.